The van der Waals surface area contributed by atoms with Crippen LogP contribution in [0.4, 0.5) is 17.1 Å². The van der Waals surface area contributed by atoms with E-state index in [-0.39, 0.29) is 5.41 Å². The molecule has 1 heterocycles. The first-order chi connectivity index (χ1) is 27.1. The molecule has 0 saturated carbocycles. The molecular formula is C53H38N2. The zero-order valence-corrected chi connectivity index (χ0v) is 30.9. The molecule has 10 aromatic rings. The standard InChI is InChI=1S/C53H38N2/c1-53(2)47-25-13-10-20-41(47)46-34-36(28-31-48(46)53)54(35-16-4-3-5-17-35)51-32-29-39(37-18-6-8-21-42(37)51)40-30-33-52(43-22-9-7-19-38(40)43)55-49-26-14-11-23-44(49)45-24-12-15-27-50(45)55/h3-34H,1-2H3. The predicted octanol–water partition coefficient (Wildman–Crippen LogP) is 14.5. The minimum atomic E-state index is -0.0454. The highest BCUT2D eigenvalue weighted by Gasteiger charge is 2.35. The molecule has 2 nitrogen and oxygen atoms in total. The molecule has 55 heavy (non-hydrogen) atoms. The Morgan fingerprint density at radius 3 is 1.60 bits per heavy atom. The van der Waals surface area contributed by atoms with Crippen molar-refractivity contribution in [2.24, 2.45) is 0 Å². The molecule has 2 heteroatoms. The van der Waals surface area contributed by atoms with Gasteiger partial charge in [-0.1, -0.05) is 159 Å². The SMILES string of the molecule is CC1(C)c2ccccc2-c2cc(N(c3ccccc3)c3ccc(-c4ccc(-n5c6ccccc6c6ccccc65)c5ccccc45)c4ccccc34)ccc21. The number of nitrogens with zero attached hydrogens (tertiary/aromatic N) is 2. The topological polar surface area (TPSA) is 8.17 Å². The molecule has 0 fully saturated rings. The van der Waals surface area contributed by atoms with Crippen molar-refractivity contribution in [3.63, 3.8) is 0 Å². The molecule has 1 aliphatic rings. The van der Waals surface area contributed by atoms with E-state index in [1.807, 2.05) is 0 Å². The van der Waals surface area contributed by atoms with Crippen LogP contribution in [-0.4, -0.2) is 4.57 Å². The van der Waals surface area contributed by atoms with Gasteiger partial charge in [-0.2, -0.15) is 0 Å². The fourth-order valence-electron chi connectivity index (χ4n) is 9.46. The maximum Gasteiger partial charge on any atom is 0.0541 e. The molecule has 11 rings (SSSR count). The molecule has 0 spiro atoms. The summed E-state index contributed by atoms with van der Waals surface area (Å²) in [4.78, 5) is 2.43. The van der Waals surface area contributed by atoms with Gasteiger partial charge in [0.2, 0.25) is 0 Å². The van der Waals surface area contributed by atoms with E-state index < -0.39 is 0 Å². The van der Waals surface area contributed by atoms with Crippen LogP contribution in [0.2, 0.25) is 0 Å². The summed E-state index contributed by atoms with van der Waals surface area (Å²) in [5, 5.41) is 7.44. The van der Waals surface area contributed by atoms with Crippen LogP contribution >= 0.6 is 0 Å². The van der Waals surface area contributed by atoms with Gasteiger partial charge in [-0.15, -0.1) is 0 Å². The Hall–Kier alpha value is -6.90. The van der Waals surface area contributed by atoms with Crippen molar-refractivity contribution in [1.29, 1.82) is 0 Å². The number of rotatable bonds is 5. The number of aromatic nitrogens is 1. The molecule has 1 aliphatic carbocycles. The number of fused-ring (bicyclic) bond motifs is 8. The summed E-state index contributed by atoms with van der Waals surface area (Å²) < 4.78 is 2.44. The van der Waals surface area contributed by atoms with Gasteiger partial charge < -0.3 is 9.47 Å². The molecule has 0 atom stereocenters. The number of benzene rings is 9. The van der Waals surface area contributed by atoms with Gasteiger partial charge in [0.1, 0.15) is 0 Å². The Kier molecular flexibility index (Phi) is 6.93. The van der Waals surface area contributed by atoms with E-state index in [9.17, 15) is 0 Å². The van der Waals surface area contributed by atoms with Gasteiger partial charge in [-0.05, 0) is 92.7 Å². The van der Waals surface area contributed by atoms with Crippen LogP contribution < -0.4 is 4.90 Å². The van der Waals surface area contributed by atoms with E-state index in [1.54, 1.807) is 0 Å². The molecule has 9 aromatic carbocycles. The Balaban J connectivity index is 1.11. The molecule has 0 unspecified atom stereocenters. The third-order valence-electron chi connectivity index (χ3n) is 12.0. The second-order valence-corrected chi connectivity index (χ2v) is 15.3. The lowest BCUT2D eigenvalue weighted by molar-refractivity contribution is 0.660. The highest BCUT2D eigenvalue weighted by atomic mass is 15.1. The van der Waals surface area contributed by atoms with Crippen molar-refractivity contribution in [3.8, 4) is 27.9 Å². The van der Waals surface area contributed by atoms with E-state index in [0.717, 1.165) is 17.1 Å². The van der Waals surface area contributed by atoms with Crippen LogP contribution in [0.1, 0.15) is 25.0 Å². The Bertz CT molecular complexity index is 3080. The predicted molar refractivity (Wildman–Crippen MR) is 233 cm³/mol. The average Bonchev–Trinajstić information content (AvgIpc) is 3.69. The second-order valence-electron chi connectivity index (χ2n) is 15.3. The average molecular weight is 703 g/mol. The lowest BCUT2D eigenvalue weighted by Crippen LogP contribution is -2.15. The van der Waals surface area contributed by atoms with Crippen LogP contribution in [0.25, 0.3) is 71.3 Å². The van der Waals surface area contributed by atoms with Crippen molar-refractivity contribution in [2.45, 2.75) is 19.3 Å². The minimum absolute atomic E-state index is 0.0454. The normalized spacial score (nSPS) is 13.1. The quantitative estimate of drug-likeness (QED) is 0.173. The molecule has 0 aliphatic heterocycles. The number of para-hydroxylation sites is 3. The van der Waals surface area contributed by atoms with Gasteiger partial charge in [0, 0.05) is 38.3 Å². The van der Waals surface area contributed by atoms with E-state index in [4.69, 9.17) is 0 Å². The summed E-state index contributed by atoms with van der Waals surface area (Å²) in [6, 6.07) is 71.4. The molecule has 1 aromatic heterocycles. The Morgan fingerprint density at radius 2 is 0.891 bits per heavy atom. The van der Waals surface area contributed by atoms with E-state index in [2.05, 4.69) is 217 Å². The largest absolute Gasteiger partial charge is 0.310 e. The Labute approximate surface area is 321 Å². The summed E-state index contributed by atoms with van der Waals surface area (Å²) in [5.74, 6) is 0. The van der Waals surface area contributed by atoms with Gasteiger partial charge in [0.15, 0.2) is 0 Å². The van der Waals surface area contributed by atoms with E-state index >= 15 is 0 Å². The van der Waals surface area contributed by atoms with E-state index in [1.165, 1.54) is 82.4 Å². The van der Waals surface area contributed by atoms with Crippen molar-refractivity contribution in [3.05, 3.63) is 205 Å². The molecule has 0 amide bonds. The summed E-state index contributed by atoms with van der Waals surface area (Å²) in [5.41, 5.74) is 14.9. The molecule has 0 saturated heterocycles. The lowest BCUT2D eigenvalue weighted by Gasteiger charge is -2.29. The van der Waals surface area contributed by atoms with Gasteiger partial charge in [-0.25, -0.2) is 0 Å². The first kappa shape index (κ1) is 31.6. The van der Waals surface area contributed by atoms with E-state index in [0.29, 0.717) is 0 Å². The molecule has 0 bridgehead atoms. The Morgan fingerprint density at radius 1 is 0.364 bits per heavy atom. The van der Waals surface area contributed by atoms with Crippen LogP contribution in [0.5, 0.6) is 0 Å². The molecule has 0 radical (unpaired) electrons. The van der Waals surface area contributed by atoms with Crippen LogP contribution in [-0.2, 0) is 5.41 Å². The lowest BCUT2D eigenvalue weighted by atomic mass is 9.82. The van der Waals surface area contributed by atoms with Gasteiger partial charge in [-0.3, -0.25) is 0 Å². The van der Waals surface area contributed by atoms with Crippen molar-refractivity contribution in [1.82, 2.24) is 4.57 Å². The number of anilines is 3. The number of hydrogen-bond donors (Lipinski definition) is 0. The molecule has 260 valence electrons. The summed E-state index contributed by atoms with van der Waals surface area (Å²) in [7, 11) is 0. The highest BCUT2D eigenvalue weighted by Crippen LogP contribution is 2.51. The summed E-state index contributed by atoms with van der Waals surface area (Å²) in [6.45, 7) is 4.69. The van der Waals surface area contributed by atoms with Crippen molar-refractivity contribution in [2.75, 3.05) is 4.90 Å². The third-order valence-corrected chi connectivity index (χ3v) is 12.0. The summed E-state index contributed by atoms with van der Waals surface area (Å²) >= 11 is 0. The van der Waals surface area contributed by atoms with Crippen LogP contribution in [0.15, 0.2) is 194 Å². The van der Waals surface area contributed by atoms with Crippen LogP contribution in [0.3, 0.4) is 0 Å². The van der Waals surface area contributed by atoms with Gasteiger partial charge in [0.25, 0.3) is 0 Å². The van der Waals surface area contributed by atoms with Gasteiger partial charge in [0.05, 0.1) is 22.4 Å². The second kappa shape index (κ2) is 12.1. The van der Waals surface area contributed by atoms with Crippen molar-refractivity contribution >= 4 is 60.4 Å². The smallest absolute Gasteiger partial charge is 0.0541 e. The fourth-order valence-corrected chi connectivity index (χ4v) is 9.46. The zero-order chi connectivity index (χ0) is 36.7. The monoisotopic (exact) mass is 702 g/mol. The minimum Gasteiger partial charge on any atom is -0.310 e. The highest BCUT2D eigenvalue weighted by molar-refractivity contribution is 6.14. The first-order valence-corrected chi connectivity index (χ1v) is 19.2. The third kappa shape index (κ3) is 4.68. The number of hydrogen-bond acceptors (Lipinski definition) is 1. The first-order valence-electron chi connectivity index (χ1n) is 19.2. The maximum atomic E-state index is 2.44. The van der Waals surface area contributed by atoms with Crippen molar-refractivity contribution < 1.29 is 0 Å². The van der Waals surface area contributed by atoms with Gasteiger partial charge >= 0.3 is 0 Å². The van der Waals surface area contributed by atoms with Crippen LogP contribution in [0, 0.1) is 0 Å². The maximum absolute atomic E-state index is 2.44. The fraction of sp³-hybridized carbons (Fsp3) is 0.0566. The summed E-state index contributed by atoms with van der Waals surface area (Å²) in [6.07, 6.45) is 0. The molecular weight excluding hydrogens is 665 g/mol. The molecule has 0 N–H and O–H groups in total. The zero-order valence-electron chi connectivity index (χ0n) is 30.9.